The molecule has 0 aromatic heterocycles. The van der Waals surface area contributed by atoms with E-state index in [0.717, 1.165) is 0 Å². The third-order valence-corrected chi connectivity index (χ3v) is 10.0. The molecule has 1 fully saturated rings. The van der Waals surface area contributed by atoms with Crippen LogP contribution in [0.25, 0.3) is 0 Å². The molecular weight excluding hydrogens is 347 g/mol. The van der Waals surface area contributed by atoms with Crippen LogP contribution in [0, 0.1) is 0 Å². The minimum atomic E-state index is -2.64. The third-order valence-electron chi connectivity index (χ3n) is 5.03. The van der Waals surface area contributed by atoms with Crippen molar-refractivity contribution in [1.29, 1.82) is 0 Å². The number of hydrogen-bond donors (Lipinski definition) is 1. The molecule has 0 bridgehead atoms. The van der Waals surface area contributed by atoms with E-state index in [0.29, 0.717) is 0 Å². The van der Waals surface area contributed by atoms with Crippen LogP contribution in [0.15, 0.2) is 60.7 Å². The van der Waals surface area contributed by atoms with E-state index in [-0.39, 0.29) is 18.1 Å². The van der Waals surface area contributed by atoms with Crippen molar-refractivity contribution in [1.82, 2.24) is 0 Å². The number of rotatable bonds is 5. The third kappa shape index (κ3) is 3.62. The van der Waals surface area contributed by atoms with Crippen LogP contribution in [0.2, 0.25) is 5.04 Å². The van der Waals surface area contributed by atoms with Crippen molar-refractivity contribution in [3.8, 4) is 0 Å². The summed E-state index contributed by atoms with van der Waals surface area (Å²) < 4.78 is 25.7. The van der Waals surface area contributed by atoms with Crippen molar-refractivity contribution in [2.24, 2.45) is 0 Å². The average Bonchev–Trinajstić information content (AvgIpc) is 2.94. The minimum absolute atomic E-state index is 0.137. The molecule has 26 heavy (non-hydrogen) atoms. The van der Waals surface area contributed by atoms with Gasteiger partial charge in [0, 0.05) is 6.42 Å². The number of hydrogen-bond acceptors (Lipinski definition) is 3. The van der Waals surface area contributed by atoms with Crippen molar-refractivity contribution >= 4 is 18.7 Å². The number of aliphatic hydroxyl groups excluding tert-OH is 1. The minimum Gasteiger partial charge on any atom is -0.405 e. The van der Waals surface area contributed by atoms with E-state index in [1.165, 1.54) is 10.4 Å². The molecule has 2 aromatic carbocycles. The molecule has 0 radical (unpaired) electrons. The van der Waals surface area contributed by atoms with E-state index < -0.39 is 26.9 Å². The second kappa shape index (κ2) is 7.60. The SMILES string of the molecule is CC(C)(C)[Si](OC[C@H]1CC(F)[C@@H](O)O1)(c1ccccc1)c1ccccc1. The van der Waals surface area contributed by atoms with E-state index in [1.807, 2.05) is 36.4 Å². The number of aliphatic hydroxyl groups is 1. The molecular formula is C21H27FO3Si. The molecule has 2 aromatic rings. The summed E-state index contributed by atoms with van der Waals surface area (Å²) >= 11 is 0. The van der Waals surface area contributed by atoms with Gasteiger partial charge in [-0.3, -0.25) is 0 Å². The van der Waals surface area contributed by atoms with Crippen molar-refractivity contribution in [3.63, 3.8) is 0 Å². The quantitative estimate of drug-likeness (QED) is 0.818. The molecule has 5 heteroatoms. The normalized spacial score (nSPS) is 24.0. The van der Waals surface area contributed by atoms with Gasteiger partial charge in [0.15, 0.2) is 12.5 Å². The Morgan fingerprint density at radius 2 is 1.54 bits per heavy atom. The molecule has 1 unspecified atom stereocenters. The Bertz CT molecular complexity index is 653. The van der Waals surface area contributed by atoms with E-state index in [2.05, 4.69) is 45.0 Å². The van der Waals surface area contributed by atoms with E-state index in [4.69, 9.17) is 9.16 Å². The van der Waals surface area contributed by atoms with Crippen LogP contribution in [0.1, 0.15) is 27.2 Å². The maximum absolute atomic E-state index is 13.6. The predicted molar refractivity (Wildman–Crippen MR) is 104 cm³/mol. The van der Waals surface area contributed by atoms with Gasteiger partial charge in [0.05, 0.1) is 12.7 Å². The van der Waals surface area contributed by atoms with Crippen LogP contribution in [-0.4, -0.2) is 38.6 Å². The molecule has 1 N–H and O–H groups in total. The molecule has 0 aliphatic carbocycles. The van der Waals surface area contributed by atoms with Crippen LogP contribution in [-0.2, 0) is 9.16 Å². The first-order valence-corrected chi connectivity index (χ1v) is 11.0. The lowest BCUT2D eigenvalue weighted by Gasteiger charge is -2.43. The summed E-state index contributed by atoms with van der Waals surface area (Å²) in [4.78, 5) is 0. The lowest BCUT2D eigenvalue weighted by Crippen LogP contribution is -2.67. The zero-order valence-electron chi connectivity index (χ0n) is 15.6. The monoisotopic (exact) mass is 374 g/mol. The number of benzene rings is 2. The second-order valence-corrected chi connectivity index (χ2v) is 12.2. The number of alkyl halides is 1. The lowest BCUT2D eigenvalue weighted by molar-refractivity contribution is -0.118. The smallest absolute Gasteiger partial charge is 0.261 e. The summed E-state index contributed by atoms with van der Waals surface area (Å²) in [6.07, 6.45) is -2.95. The highest BCUT2D eigenvalue weighted by molar-refractivity contribution is 6.99. The molecule has 3 rings (SSSR count). The highest BCUT2D eigenvalue weighted by atomic mass is 28.4. The van der Waals surface area contributed by atoms with Gasteiger partial charge in [0.2, 0.25) is 0 Å². The van der Waals surface area contributed by atoms with Crippen LogP contribution in [0.4, 0.5) is 4.39 Å². The fraction of sp³-hybridized carbons (Fsp3) is 0.429. The summed E-state index contributed by atoms with van der Waals surface area (Å²) in [5.74, 6) is 0. The number of ether oxygens (including phenoxy) is 1. The lowest BCUT2D eigenvalue weighted by atomic mass is 10.2. The molecule has 3 atom stereocenters. The summed E-state index contributed by atoms with van der Waals surface area (Å²) in [5.41, 5.74) is 0. The molecule has 1 heterocycles. The summed E-state index contributed by atoms with van der Waals surface area (Å²) in [6.45, 7) is 6.86. The van der Waals surface area contributed by atoms with Crippen molar-refractivity contribution < 1.29 is 18.7 Å². The molecule has 0 spiro atoms. The van der Waals surface area contributed by atoms with E-state index >= 15 is 0 Å². The molecule has 140 valence electrons. The van der Waals surface area contributed by atoms with Gasteiger partial charge in [-0.05, 0) is 15.4 Å². The molecule has 1 aliphatic rings. The first-order valence-electron chi connectivity index (χ1n) is 9.07. The van der Waals surface area contributed by atoms with Crippen LogP contribution in [0.3, 0.4) is 0 Å². The standard InChI is InChI=1S/C21H27FO3Si/c1-21(2,3)26(17-10-6-4-7-11-17,18-12-8-5-9-13-18)24-15-16-14-19(22)20(23)25-16/h4-13,16,19-20,23H,14-15H2,1-3H3/t16-,19?,20+/m1/s1. The Labute approximate surface area is 155 Å². The first-order chi connectivity index (χ1) is 12.3. The van der Waals surface area contributed by atoms with Crippen molar-refractivity contribution in [3.05, 3.63) is 60.7 Å². The largest absolute Gasteiger partial charge is 0.405 e. The second-order valence-electron chi connectivity index (χ2n) is 7.87. The van der Waals surface area contributed by atoms with Gasteiger partial charge in [-0.2, -0.15) is 0 Å². The van der Waals surface area contributed by atoms with Crippen molar-refractivity contribution in [2.75, 3.05) is 6.61 Å². The van der Waals surface area contributed by atoms with Crippen LogP contribution >= 0.6 is 0 Å². The first kappa shape index (κ1) is 19.2. The summed E-state index contributed by atoms with van der Waals surface area (Å²) in [7, 11) is -2.64. The Morgan fingerprint density at radius 1 is 1.04 bits per heavy atom. The fourth-order valence-electron chi connectivity index (χ4n) is 3.79. The van der Waals surface area contributed by atoms with Gasteiger partial charge in [0.25, 0.3) is 8.32 Å². The van der Waals surface area contributed by atoms with Gasteiger partial charge >= 0.3 is 0 Å². The molecule has 3 nitrogen and oxygen atoms in total. The molecule has 1 aliphatic heterocycles. The fourth-order valence-corrected chi connectivity index (χ4v) is 8.38. The average molecular weight is 375 g/mol. The number of halogens is 1. The zero-order chi connectivity index (χ0) is 18.8. The van der Waals surface area contributed by atoms with Gasteiger partial charge < -0.3 is 14.3 Å². The van der Waals surface area contributed by atoms with E-state index in [9.17, 15) is 9.50 Å². The highest BCUT2D eigenvalue weighted by Gasteiger charge is 2.51. The Kier molecular flexibility index (Phi) is 5.63. The highest BCUT2D eigenvalue weighted by Crippen LogP contribution is 2.37. The van der Waals surface area contributed by atoms with Crippen LogP contribution in [0.5, 0.6) is 0 Å². The van der Waals surface area contributed by atoms with Crippen molar-refractivity contribution in [2.45, 2.75) is 50.8 Å². The van der Waals surface area contributed by atoms with Gasteiger partial charge in [-0.1, -0.05) is 81.4 Å². The van der Waals surface area contributed by atoms with Gasteiger partial charge in [-0.25, -0.2) is 4.39 Å². The molecule has 1 saturated heterocycles. The van der Waals surface area contributed by atoms with Crippen LogP contribution < -0.4 is 10.4 Å². The Hall–Kier alpha value is -1.53. The van der Waals surface area contributed by atoms with E-state index in [1.54, 1.807) is 0 Å². The Balaban J connectivity index is 2.00. The predicted octanol–water partition coefficient (Wildman–Crippen LogP) is 3.01. The van der Waals surface area contributed by atoms with Gasteiger partial charge in [-0.15, -0.1) is 0 Å². The molecule has 0 saturated carbocycles. The Morgan fingerprint density at radius 3 is 1.92 bits per heavy atom. The topological polar surface area (TPSA) is 38.7 Å². The zero-order valence-corrected chi connectivity index (χ0v) is 16.6. The maximum Gasteiger partial charge on any atom is 0.261 e. The summed E-state index contributed by atoms with van der Waals surface area (Å²) in [6, 6.07) is 20.6. The summed E-state index contributed by atoms with van der Waals surface area (Å²) in [5, 5.41) is 11.8. The molecule has 0 amide bonds. The maximum atomic E-state index is 13.6. The van der Waals surface area contributed by atoms with Gasteiger partial charge in [0.1, 0.15) is 0 Å².